The summed E-state index contributed by atoms with van der Waals surface area (Å²) < 4.78 is 5.66. The topological polar surface area (TPSA) is 67.6 Å². The van der Waals surface area contributed by atoms with Gasteiger partial charge in [0.25, 0.3) is 0 Å². The van der Waals surface area contributed by atoms with Crippen molar-refractivity contribution in [3.63, 3.8) is 0 Å². The van der Waals surface area contributed by atoms with Crippen molar-refractivity contribution >= 4 is 11.6 Å². The highest BCUT2D eigenvalue weighted by molar-refractivity contribution is 5.92. The van der Waals surface area contributed by atoms with Crippen molar-refractivity contribution in [2.24, 2.45) is 11.7 Å². The van der Waals surface area contributed by atoms with Gasteiger partial charge in [0.1, 0.15) is 12.4 Å². The van der Waals surface area contributed by atoms with E-state index in [-0.39, 0.29) is 11.8 Å². The standard InChI is InChI=1S/C16H27N3O2/c1-4-6-13(12-17)16(20)18-14-7-5-8-15(11-14)21-10-9-19(2)3/h5,7-8,11,13H,4,6,9-10,12,17H2,1-3H3,(H,18,20). The zero-order chi connectivity index (χ0) is 15.7. The van der Waals surface area contributed by atoms with E-state index in [9.17, 15) is 4.79 Å². The number of nitrogens with one attached hydrogen (secondary N) is 1. The first-order valence-electron chi connectivity index (χ1n) is 7.45. The number of hydrogen-bond acceptors (Lipinski definition) is 4. The molecule has 0 saturated heterocycles. The first-order chi connectivity index (χ1) is 10.1. The van der Waals surface area contributed by atoms with E-state index in [4.69, 9.17) is 10.5 Å². The summed E-state index contributed by atoms with van der Waals surface area (Å²) in [5.74, 6) is 0.604. The van der Waals surface area contributed by atoms with Gasteiger partial charge in [-0.05, 0) is 32.6 Å². The largest absolute Gasteiger partial charge is 0.492 e. The minimum atomic E-state index is -0.131. The van der Waals surface area contributed by atoms with Crippen LogP contribution in [0.4, 0.5) is 5.69 Å². The Labute approximate surface area is 127 Å². The van der Waals surface area contributed by atoms with Crippen LogP contribution in [0.2, 0.25) is 0 Å². The monoisotopic (exact) mass is 293 g/mol. The number of anilines is 1. The van der Waals surface area contributed by atoms with Crippen molar-refractivity contribution in [3.8, 4) is 5.75 Å². The van der Waals surface area contributed by atoms with Crippen LogP contribution in [0, 0.1) is 5.92 Å². The second kappa shape index (κ2) is 9.37. The van der Waals surface area contributed by atoms with Gasteiger partial charge < -0.3 is 20.7 Å². The lowest BCUT2D eigenvalue weighted by Crippen LogP contribution is -2.29. The Morgan fingerprint density at radius 2 is 2.19 bits per heavy atom. The van der Waals surface area contributed by atoms with E-state index in [1.165, 1.54) is 0 Å². The molecule has 0 radical (unpaired) electrons. The van der Waals surface area contributed by atoms with Gasteiger partial charge in [0.05, 0.1) is 5.92 Å². The predicted octanol–water partition coefficient (Wildman–Crippen LogP) is 1.94. The fraction of sp³-hybridized carbons (Fsp3) is 0.562. The summed E-state index contributed by atoms with van der Waals surface area (Å²) in [6.45, 7) is 3.89. The molecule has 5 nitrogen and oxygen atoms in total. The molecule has 1 atom stereocenters. The molecule has 5 heteroatoms. The number of rotatable bonds is 9. The molecule has 0 aromatic heterocycles. The van der Waals surface area contributed by atoms with Crippen LogP contribution in [0.25, 0.3) is 0 Å². The Morgan fingerprint density at radius 3 is 2.81 bits per heavy atom. The van der Waals surface area contributed by atoms with Crippen LogP contribution in [0.3, 0.4) is 0 Å². The van der Waals surface area contributed by atoms with Crippen molar-refractivity contribution in [1.82, 2.24) is 4.90 Å². The van der Waals surface area contributed by atoms with Crippen LogP contribution in [-0.2, 0) is 4.79 Å². The van der Waals surface area contributed by atoms with Gasteiger partial charge >= 0.3 is 0 Å². The lowest BCUT2D eigenvalue weighted by Gasteiger charge is -2.15. The number of carbonyl (C=O) groups excluding carboxylic acids is 1. The van der Waals surface area contributed by atoms with Gasteiger partial charge in [0.15, 0.2) is 0 Å². The molecule has 0 aliphatic rings. The third kappa shape index (κ3) is 6.60. The molecular formula is C16H27N3O2. The number of likely N-dealkylation sites (N-methyl/N-ethyl adjacent to an activating group) is 1. The van der Waals surface area contributed by atoms with E-state index in [1.54, 1.807) is 0 Å². The van der Waals surface area contributed by atoms with Gasteiger partial charge in [-0.25, -0.2) is 0 Å². The third-order valence-corrected chi connectivity index (χ3v) is 3.20. The summed E-state index contributed by atoms with van der Waals surface area (Å²) in [7, 11) is 4.00. The van der Waals surface area contributed by atoms with Gasteiger partial charge in [-0.2, -0.15) is 0 Å². The minimum Gasteiger partial charge on any atom is -0.492 e. The maximum atomic E-state index is 12.1. The second-order valence-corrected chi connectivity index (χ2v) is 5.39. The first kappa shape index (κ1) is 17.5. The predicted molar refractivity (Wildman–Crippen MR) is 86.6 cm³/mol. The SMILES string of the molecule is CCCC(CN)C(=O)Nc1cccc(OCCN(C)C)c1. The second-order valence-electron chi connectivity index (χ2n) is 5.39. The van der Waals surface area contributed by atoms with Crippen molar-refractivity contribution in [1.29, 1.82) is 0 Å². The van der Waals surface area contributed by atoms with E-state index >= 15 is 0 Å². The molecule has 21 heavy (non-hydrogen) atoms. The number of ether oxygens (including phenoxy) is 1. The van der Waals surface area contributed by atoms with Gasteiger partial charge in [0, 0.05) is 24.8 Å². The molecule has 0 saturated carbocycles. The third-order valence-electron chi connectivity index (χ3n) is 3.20. The maximum absolute atomic E-state index is 12.1. The molecule has 1 amide bonds. The molecule has 0 aliphatic heterocycles. The smallest absolute Gasteiger partial charge is 0.228 e. The number of nitrogens with zero attached hydrogens (tertiary/aromatic N) is 1. The van der Waals surface area contributed by atoms with Crippen LogP contribution in [0.1, 0.15) is 19.8 Å². The zero-order valence-electron chi connectivity index (χ0n) is 13.3. The molecular weight excluding hydrogens is 266 g/mol. The fourth-order valence-electron chi connectivity index (χ4n) is 1.96. The average Bonchev–Trinajstić information content (AvgIpc) is 2.44. The minimum absolute atomic E-state index is 0.0233. The molecule has 0 fully saturated rings. The van der Waals surface area contributed by atoms with E-state index in [2.05, 4.69) is 17.1 Å². The molecule has 1 rings (SSSR count). The molecule has 1 aromatic carbocycles. The highest BCUT2D eigenvalue weighted by Gasteiger charge is 2.15. The number of nitrogens with two attached hydrogens (primary N) is 1. The van der Waals surface area contributed by atoms with Crippen LogP contribution in [0.5, 0.6) is 5.75 Å². The molecule has 0 heterocycles. The zero-order valence-corrected chi connectivity index (χ0v) is 13.3. The Morgan fingerprint density at radius 1 is 1.43 bits per heavy atom. The van der Waals surface area contributed by atoms with Gasteiger partial charge in [-0.3, -0.25) is 4.79 Å². The van der Waals surface area contributed by atoms with E-state index in [0.29, 0.717) is 13.2 Å². The van der Waals surface area contributed by atoms with Crippen LogP contribution < -0.4 is 15.8 Å². The summed E-state index contributed by atoms with van der Waals surface area (Å²) in [5, 5.41) is 2.91. The molecule has 0 aliphatic carbocycles. The van der Waals surface area contributed by atoms with Crippen molar-refractivity contribution in [2.75, 3.05) is 39.1 Å². The fourth-order valence-corrected chi connectivity index (χ4v) is 1.96. The van der Waals surface area contributed by atoms with Crippen LogP contribution in [-0.4, -0.2) is 44.6 Å². The van der Waals surface area contributed by atoms with Crippen LogP contribution in [0.15, 0.2) is 24.3 Å². The van der Waals surface area contributed by atoms with Crippen molar-refractivity contribution in [3.05, 3.63) is 24.3 Å². The molecule has 3 N–H and O–H groups in total. The molecule has 1 unspecified atom stereocenters. The number of carbonyl (C=O) groups is 1. The highest BCUT2D eigenvalue weighted by Crippen LogP contribution is 2.18. The van der Waals surface area contributed by atoms with Gasteiger partial charge in [-0.1, -0.05) is 19.4 Å². The summed E-state index contributed by atoms with van der Waals surface area (Å²) in [4.78, 5) is 14.2. The van der Waals surface area contributed by atoms with Gasteiger partial charge in [-0.15, -0.1) is 0 Å². The first-order valence-corrected chi connectivity index (χ1v) is 7.45. The normalized spacial score (nSPS) is 12.2. The Hall–Kier alpha value is -1.59. The lowest BCUT2D eigenvalue weighted by atomic mass is 10.0. The summed E-state index contributed by atoms with van der Waals surface area (Å²) in [6.07, 6.45) is 1.75. The van der Waals surface area contributed by atoms with Crippen molar-refractivity contribution < 1.29 is 9.53 Å². The molecule has 0 spiro atoms. The van der Waals surface area contributed by atoms with Gasteiger partial charge in [0.2, 0.25) is 5.91 Å². The highest BCUT2D eigenvalue weighted by atomic mass is 16.5. The quantitative estimate of drug-likeness (QED) is 0.730. The Balaban J connectivity index is 2.57. The molecule has 0 bridgehead atoms. The maximum Gasteiger partial charge on any atom is 0.228 e. The van der Waals surface area contributed by atoms with E-state index in [0.717, 1.165) is 30.8 Å². The average molecular weight is 293 g/mol. The van der Waals surface area contributed by atoms with Crippen LogP contribution >= 0.6 is 0 Å². The van der Waals surface area contributed by atoms with E-state index in [1.807, 2.05) is 38.4 Å². The molecule has 1 aromatic rings. The number of benzene rings is 1. The van der Waals surface area contributed by atoms with E-state index < -0.39 is 0 Å². The summed E-state index contributed by atoms with van der Waals surface area (Å²) in [5.41, 5.74) is 6.39. The molecule has 118 valence electrons. The number of hydrogen-bond donors (Lipinski definition) is 2. The Kier molecular flexibility index (Phi) is 7.79. The Bertz CT molecular complexity index is 435. The number of amides is 1. The summed E-state index contributed by atoms with van der Waals surface area (Å²) >= 11 is 0. The van der Waals surface area contributed by atoms with Crippen molar-refractivity contribution in [2.45, 2.75) is 19.8 Å². The summed E-state index contributed by atoms with van der Waals surface area (Å²) in [6, 6.07) is 7.46. The lowest BCUT2D eigenvalue weighted by molar-refractivity contribution is -0.119.